The fourth-order valence-electron chi connectivity index (χ4n) is 1.18. The summed E-state index contributed by atoms with van der Waals surface area (Å²) in [7, 11) is 0. The van der Waals surface area contributed by atoms with Gasteiger partial charge in [-0.15, -0.1) is 0 Å². The van der Waals surface area contributed by atoms with E-state index in [-0.39, 0.29) is 12.1 Å². The second kappa shape index (κ2) is 4.46. The monoisotopic (exact) mass is 203 g/mol. The molecule has 78 valence electrons. The van der Waals surface area contributed by atoms with Crippen LogP contribution in [0.3, 0.4) is 0 Å². The van der Waals surface area contributed by atoms with Crippen molar-refractivity contribution in [3.63, 3.8) is 0 Å². The predicted octanol–water partition coefficient (Wildman–Crippen LogP) is 2.57. The number of halogens is 3. The largest absolute Gasteiger partial charge is 0.330 e. The van der Waals surface area contributed by atoms with Crippen LogP contribution < -0.4 is 5.73 Å². The summed E-state index contributed by atoms with van der Waals surface area (Å²) < 4.78 is 38.9. The fourth-order valence-corrected chi connectivity index (χ4v) is 1.18. The first kappa shape index (κ1) is 11.0. The van der Waals surface area contributed by atoms with Gasteiger partial charge in [0, 0.05) is 12.0 Å². The summed E-state index contributed by atoms with van der Waals surface area (Å²) in [6.45, 7) is 1.73. The van der Waals surface area contributed by atoms with Crippen LogP contribution in [0.1, 0.15) is 18.7 Å². The molecule has 0 amide bonds. The molecule has 0 bridgehead atoms. The Kier molecular flexibility index (Phi) is 3.52. The molecule has 0 heterocycles. The quantitative estimate of drug-likeness (QED) is 0.802. The second-order valence-corrected chi connectivity index (χ2v) is 3.32. The van der Waals surface area contributed by atoms with E-state index >= 15 is 0 Å². The molecule has 1 rings (SSSR count). The Bertz CT molecular complexity index is 294. The van der Waals surface area contributed by atoms with E-state index in [1.807, 2.05) is 0 Å². The van der Waals surface area contributed by atoms with E-state index in [9.17, 15) is 13.2 Å². The van der Waals surface area contributed by atoms with Gasteiger partial charge in [0.25, 0.3) is 0 Å². The van der Waals surface area contributed by atoms with Gasteiger partial charge in [-0.25, -0.2) is 13.2 Å². The molecule has 0 aliphatic carbocycles. The third-order valence-electron chi connectivity index (χ3n) is 2.07. The van der Waals surface area contributed by atoms with Crippen molar-refractivity contribution in [2.75, 3.05) is 6.54 Å². The van der Waals surface area contributed by atoms with Gasteiger partial charge in [0.05, 0.1) is 0 Å². The average Bonchev–Trinajstić information content (AvgIpc) is 2.14. The summed E-state index contributed by atoms with van der Waals surface area (Å²) in [5, 5.41) is 0. The minimum absolute atomic E-state index is 0.000417. The van der Waals surface area contributed by atoms with Crippen LogP contribution >= 0.6 is 0 Å². The van der Waals surface area contributed by atoms with Crippen molar-refractivity contribution in [2.24, 2.45) is 11.7 Å². The maximum absolute atomic E-state index is 13.5. The molecule has 0 aliphatic rings. The first-order chi connectivity index (χ1) is 6.54. The molecule has 0 saturated heterocycles. The lowest BCUT2D eigenvalue weighted by molar-refractivity contribution is 0.250. The lowest BCUT2D eigenvalue weighted by atomic mass is 9.99. The van der Waals surface area contributed by atoms with E-state index < -0.39 is 23.7 Å². The summed E-state index contributed by atoms with van der Waals surface area (Å²) in [5.41, 5.74) is 5.26. The number of hydrogen-bond acceptors (Lipinski definition) is 1. The molecule has 1 aromatic rings. The standard InChI is InChI=1S/C10H12F3N/c1-6(5-14)10(13)7-2-8(11)4-9(12)3-7/h2-4,6,10H,5,14H2,1H3. The van der Waals surface area contributed by atoms with E-state index in [2.05, 4.69) is 0 Å². The molecule has 1 aromatic carbocycles. The highest BCUT2D eigenvalue weighted by Crippen LogP contribution is 2.26. The highest BCUT2D eigenvalue weighted by molar-refractivity contribution is 5.20. The fraction of sp³-hybridized carbons (Fsp3) is 0.400. The molecular formula is C10H12F3N. The summed E-state index contributed by atoms with van der Waals surface area (Å²) >= 11 is 0. The zero-order valence-electron chi connectivity index (χ0n) is 7.81. The lowest BCUT2D eigenvalue weighted by Crippen LogP contribution is -2.16. The van der Waals surface area contributed by atoms with Crippen LogP contribution in [0.25, 0.3) is 0 Å². The van der Waals surface area contributed by atoms with E-state index in [1.54, 1.807) is 6.92 Å². The van der Waals surface area contributed by atoms with Crippen LogP contribution in [0.15, 0.2) is 18.2 Å². The van der Waals surface area contributed by atoms with Crippen molar-refractivity contribution in [3.8, 4) is 0 Å². The molecule has 0 fully saturated rings. The van der Waals surface area contributed by atoms with Crippen molar-refractivity contribution in [2.45, 2.75) is 13.1 Å². The maximum atomic E-state index is 13.5. The minimum Gasteiger partial charge on any atom is -0.330 e. The molecule has 14 heavy (non-hydrogen) atoms. The van der Waals surface area contributed by atoms with Crippen LogP contribution in [0.5, 0.6) is 0 Å². The van der Waals surface area contributed by atoms with Crippen LogP contribution in [-0.2, 0) is 0 Å². The normalized spacial score (nSPS) is 15.2. The van der Waals surface area contributed by atoms with E-state index in [0.717, 1.165) is 12.1 Å². The number of nitrogens with two attached hydrogens (primary N) is 1. The Balaban J connectivity index is 2.94. The van der Waals surface area contributed by atoms with Crippen molar-refractivity contribution in [3.05, 3.63) is 35.4 Å². The van der Waals surface area contributed by atoms with Gasteiger partial charge in [-0.2, -0.15) is 0 Å². The Morgan fingerprint density at radius 2 is 1.71 bits per heavy atom. The molecular weight excluding hydrogens is 191 g/mol. The molecule has 0 radical (unpaired) electrons. The number of hydrogen-bond donors (Lipinski definition) is 1. The summed E-state index contributed by atoms with van der Waals surface area (Å²) in [6, 6.07) is 2.68. The lowest BCUT2D eigenvalue weighted by Gasteiger charge is -2.14. The van der Waals surface area contributed by atoms with Gasteiger partial charge in [0.1, 0.15) is 17.8 Å². The van der Waals surface area contributed by atoms with Crippen LogP contribution in [0.4, 0.5) is 13.2 Å². The third kappa shape index (κ3) is 2.48. The molecule has 2 N–H and O–H groups in total. The van der Waals surface area contributed by atoms with Crippen molar-refractivity contribution in [1.82, 2.24) is 0 Å². The van der Waals surface area contributed by atoms with Gasteiger partial charge in [-0.1, -0.05) is 6.92 Å². The van der Waals surface area contributed by atoms with Crippen LogP contribution in [0.2, 0.25) is 0 Å². The van der Waals surface area contributed by atoms with E-state index in [1.165, 1.54) is 0 Å². The maximum Gasteiger partial charge on any atom is 0.129 e. The van der Waals surface area contributed by atoms with Crippen LogP contribution in [-0.4, -0.2) is 6.54 Å². The van der Waals surface area contributed by atoms with Crippen LogP contribution in [0, 0.1) is 17.6 Å². The van der Waals surface area contributed by atoms with Gasteiger partial charge < -0.3 is 5.73 Å². The molecule has 0 aromatic heterocycles. The topological polar surface area (TPSA) is 26.0 Å². The van der Waals surface area contributed by atoms with E-state index in [4.69, 9.17) is 5.73 Å². The Hall–Kier alpha value is -1.03. The highest BCUT2D eigenvalue weighted by atomic mass is 19.1. The van der Waals surface area contributed by atoms with Gasteiger partial charge in [-0.05, 0) is 24.2 Å². The first-order valence-electron chi connectivity index (χ1n) is 4.34. The highest BCUT2D eigenvalue weighted by Gasteiger charge is 2.18. The van der Waals surface area contributed by atoms with Gasteiger partial charge in [0.2, 0.25) is 0 Å². The average molecular weight is 203 g/mol. The van der Waals surface area contributed by atoms with Crippen molar-refractivity contribution >= 4 is 0 Å². The Morgan fingerprint density at radius 3 is 2.14 bits per heavy atom. The van der Waals surface area contributed by atoms with Crippen molar-refractivity contribution in [1.29, 1.82) is 0 Å². The predicted molar refractivity (Wildman–Crippen MR) is 48.4 cm³/mol. The molecule has 2 atom stereocenters. The number of alkyl halides is 1. The van der Waals surface area contributed by atoms with Gasteiger partial charge >= 0.3 is 0 Å². The van der Waals surface area contributed by atoms with Gasteiger partial charge in [-0.3, -0.25) is 0 Å². The minimum atomic E-state index is -1.43. The second-order valence-electron chi connectivity index (χ2n) is 3.32. The smallest absolute Gasteiger partial charge is 0.129 e. The van der Waals surface area contributed by atoms with Crippen molar-refractivity contribution < 1.29 is 13.2 Å². The molecule has 2 unspecified atom stereocenters. The third-order valence-corrected chi connectivity index (χ3v) is 2.07. The number of benzene rings is 1. The molecule has 4 heteroatoms. The van der Waals surface area contributed by atoms with E-state index in [0.29, 0.717) is 6.07 Å². The zero-order valence-corrected chi connectivity index (χ0v) is 7.81. The zero-order chi connectivity index (χ0) is 10.7. The Labute approximate surface area is 80.7 Å². The van der Waals surface area contributed by atoms with Gasteiger partial charge in [0.15, 0.2) is 0 Å². The summed E-state index contributed by atoms with van der Waals surface area (Å²) in [6.07, 6.45) is -1.43. The first-order valence-corrected chi connectivity index (χ1v) is 4.34. The molecule has 0 saturated carbocycles. The molecule has 1 nitrogen and oxygen atoms in total. The number of rotatable bonds is 3. The summed E-state index contributed by atoms with van der Waals surface area (Å²) in [5.74, 6) is -1.99. The summed E-state index contributed by atoms with van der Waals surface area (Å²) in [4.78, 5) is 0. The Morgan fingerprint density at radius 1 is 1.21 bits per heavy atom. The molecule has 0 aliphatic heterocycles. The SMILES string of the molecule is CC(CN)C(F)c1cc(F)cc(F)c1. The molecule has 0 spiro atoms.